The van der Waals surface area contributed by atoms with Gasteiger partial charge in [-0.15, -0.1) is 0 Å². The van der Waals surface area contributed by atoms with E-state index in [1.54, 1.807) is 0 Å². The Hall–Kier alpha value is -1.45. The Labute approximate surface area is 120 Å². The van der Waals surface area contributed by atoms with Crippen molar-refractivity contribution >= 4 is 11.6 Å². The number of nitrogens with zero attached hydrogens (tertiary/aromatic N) is 2. The number of hydrogen-bond donors (Lipinski definition) is 1. The van der Waals surface area contributed by atoms with Gasteiger partial charge in [0.05, 0.1) is 5.69 Å². The molecule has 0 spiro atoms. The molecule has 1 aliphatic carbocycles. The Morgan fingerprint density at radius 1 is 1.40 bits per heavy atom. The molecule has 1 saturated carbocycles. The fourth-order valence-electron chi connectivity index (χ4n) is 3.42. The molecule has 2 fully saturated rings. The van der Waals surface area contributed by atoms with Crippen LogP contribution in [0.1, 0.15) is 62.5 Å². The molecule has 1 amide bonds. The summed E-state index contributed by atoms with van der Waals surface area (Å²) in [6, 6.07) is 2.34. The molecule has 4 heteroatoms. The van der Waals surface area contributed by atoms with E-state index < -0.39 is 0 Å². The normalized spacial score (nSPS) is 21.4. The van der Waals surface area contributed by atoms with E-state index in [1.807, 2.05) is 17.2 Å². The quantitative estimate of drug-likeness (QED) is 0.918. The van der Waals surface area contributed by atoms with Crippen molar-refractivity contribution in [1.29, 1.82) is 0 Å². The van der Waals surface area contributed by atoms with Crippen LogP contribution in [0.25, 0.3) is 0 Å². The summed E-state index contributed by atoms with van der Waals surface area (Å²) in [6.07, 6.45) is 7.70. The summed E-state index contributed by atoms with van der Waals surface area (Å²) in [7, 11) is 0. The molecular formula is C16H25N3O. The van der Waals surface area contributed by atoms with Crippen LogP contribution in [-0.2, 0) is 0 Å². The van der Waals surface area contributed by atoms with Crippen LogP contribution >= 0.6 is 0 Å². The van der Waals surface area contributed by atoms with Gasteiger partial charge in [0.25, 0.3) is 5.91 Å². The third kappa shape index (κ3) is 2.21. The van der Waals surface area contributed by atoms with Crippen LogP contribution in [0.15, 0.2) is 12.3 Å². The summed E-state index contributed by atoms with van der Waals surface area (Å²) < 4.78 is 2.09. The maximum Gasteiger partial charge on any atom is 0.270 e. The lowest BCUT2D eigenvalue weighted by Gasteiger charge is -2.26. The Balaban J connectivity index is 1.80. The van der Waals surface area contributed by atoms with E-state index in [-0.39, 0.29) is 5.91 Å². The lowest BCUT2D eigenvalue weighted by atomic mass is 9.82. The highest BCUT2D eigenvalue weighted by Gasteiger charge is 2.38. The topological polar surface area (TPSA) is 51.3 Å². The third-order valence-corrected chi connectivity index (χ3v) is 5.25. The molecule has 2 heterocycles. The van der Waals surface area contributed by atoms with Crippen LogP contribution in [0, 0.1) is 5.41 Å². The van der Waals surface area contributed by atoms with Gasteiger partial charge in [0.15, 0.2) is 0 Å². The molecule has 0 unspecified atom stereocenters. The zero-order valence-electron chi connectivity index (χ0n) is 12.6. The molecule has 0 aromatic carbocycles. The molecule has 2 N–H and O–H groups in total. The van der Waals surface area contributed by atoms with Crippen molar-refractivity contribution in [3.63, 3.8) is 0 Å². The number of carbonyl (C=O) groups is 1. The van der Waals surface area contributed by atoms with Crippen LogP contribution < -0.4 is 5.73 Å². The van der Waals surface area contributed by atoms with Crippen LogP contribution in [0.5, 0.6) is 0 Å². The second-order valence-corrected chi connectivity index (χ2v) is 6.48. The molecule has 3 rings (SSSR count). The van der Waals surface area contributed by atoms with Crippen LogP contribution in [0.2, 0.25) is 0 Å². The lowest BCUT2D eigenvalue weighted by molar-refractivity contribution is 0.0759. The van der Waals surface area contributed by atoms with Crippen molar-refractivity contribution < 1.29 is 4.79 Å². The number of nitrogen functional groups attached to an aromatic ring is 1. The first kappa shape index (κ1) is 13.5. The number of nitrogens with two attached hydrogens (primary N) is 1. The highest BCUT2D eigenvalue weighted by molar-refractivity contribution is 5.94. The van der Waals surface area contributed by atoms with Gasteiger partial charge in [-0.2, -0.15) is 0 Å². The number of aromatic nitrogens is 1. The van der Waals surface area contributed by atoms with Crippen molar-refractivity contribution in [1.82, 2.24) is 9.47 Å². The maximum absolute atomic E-state index is 12.8. The molecule has 2 aliphatic rings. The van der Waals surface area contributed by atoms with Gasteiger partial charge >= 0.3 is 0 Å². The molecule has 0 radical (unpaired) electrons. The molecule has 1 aromatic rings. The minimum absolute atomic E-state index is 0.164. The van der Waals surface area contributed by atoms with Gasteiger partial charge < -0.3 is 15.2 Å². The minimum Gasteiger partial charge on any atom is -0.397 e. The number of likely N-dealkylation sites (tertiary alicyclic amines) is 1. The standard InChI is InChI=1S/C16H25N3O/c1-3-16(4-2)7-8-18(11-16)15(20)14-9-12(17)10-19(14)13-5-6-13/h9-10,13H,3-8,11,17H2,1-2H3. The predicted molar refractivity (Wildman–Crippen MR) is 80.7 cm³/mol. The third-order valence-electron chi connectivity index (χ3n) is 5.25. The van der Waals surface area contributed by atoms with Crippen LogP contribution in [0.4, 0.5) is 5.69 Å². The second-order valence-electron chi connectivity index (χ2n) is 6.48. The van der Waals surface area contributed by atoms with E-state index >= 15 is 0 Å². The first-order chi connectivity index (χ1) is 9.58. The molecular weight excluding hydrogens is 250 g/mol. The van der Waals surface area contributed by atoms with Gasteiger partial charge in [0.2, 0.25) is 0 Å². The summed E-state index contributed by atoms with van der Waals surface area (Å²) in [4.78, 5) is 14.8. The average Bonchev–Trinajstić information content (AvgIpc) is 3.09. The molecule has 4 nitrogen and oxygen atoms in total. The summed E-state index contributed by atoms with van der Waals surface area (Å²) in [5.74, 6) is 0.164. The summed E-state index contributed by atoms with van der Waals surface area (Å²) >= 11 is 0. The molecule has 1 saturated heterocycles. The fraction of sp³-hybridized carbons (Fsp3) is 0.688. The van der Waals surface area contributed by atoms with Crippen LogP contribution in [0.3, 0.4) is 0 Å². The first-order valence-corrected chi connectivity index (χ1v) is 7.85. The number of anilines is 1. The summed E-state index contributed by atoms with van der Waals surface area (Å²) in [5.41, 5.74) is 7.72. The van der Waals surface area contributed by atoms with Gasteiger partial charge in [-0.3, -0.25) is 4.79 Å². The zero-order chi connectivity index (χ0) is 14.3. The Kier molecular flexibility index (Phi) is 3.27. The van der Waals surface area contributed by atoms with Gasteiger partial charge in [0.1, 0.15) is 5.69 Å². The molecule has 0 atom stereocenters. The molecule has 1 aliphatic heterocycles. The van der Waals surface area contributed by atoms with Gasteiger partial charge in [0, 0.05) is 25.3 Å². The number of hydrogen-bond acceptors (Lipinski definition) is 2. The minimum atomic E-state index is 0.164. The Morgan fingerprint density at radius 3 is 2.65 bits per heavy atom. The smallest absolute Gasteiger partial charge is 0.270 e. The fourth-order valence-corrected chi connectivity index (χ4v) is 3.42. The van der Waals surface area contributed by atoms with Crippen molar-refractivity contribution in [2.45, 2.75) is 52.0 Å². The Bertz CT molecular complexity index is 512. The van der Waals surface area contributed by atoms with Crippen molar-refractivity contribution in [3.8, 4) is 0 Å². The van der Waals surface area contributed by atoms with Gasteiger partial charge in [-0.05, 0) is 43.6 Å². The molecule has 110 valence electrons. The molecule has 0 bridgehead atoms. The number of rotatable bonds is 4. The first-order valence-electron chi connectivity index (χ1n) is 7.85. The van der Waals surface area contributed by atoms with E-state index in [9.17, 15) is 4.79 Å². The molecule has 1 aromatic heterocycles. The lowest BCUT2D eigenvalue weighted by Crippen LogP contribution is -2.33. The Morgan fingerprint density at radius 2 is 2.10 bits per heavy atom. The van der Waals surface area contributed by atoms with E-state index in [4.69, 9.17) is 5.73 Å². The predicted octanol–water partition coefficient (Wildman–Crippen LogP) is 3.06. The van der Waals surface area contributed by atoms with Gasteiger partial charge in [-0.1, -0.05) is 13.8 Å². The summed E-state index contributed by atoms with van der Waals surface area (Å²) in [6.45, 7) is 6.26. The number of amides is 1. The van der Waals surface area contributed by atoms with E-state index in [0.29, 0.717) is 17.1 Å². The summed E-state index contributed by atoms with van der Waals surface area (Å²) in [5, 5.41) is 0. The highest BCUT2D eigenvalue weighted by Crippen LogP contribution is 2.40. The monoisotopic (exact) mass is 275 g/mol. The second kappa shape index (κ2) is 4.83. The SMILES string of the molecule is CCC1(CC)CCN(C(=O)c2cc(N)cn2C2CC2)C1. The number of carbonyl (C=O) groups excluding carboxylic acids is 1. The van der Waals surface area contributed by atoms with Crippen molar-refractivity contribution in [3.05, 3.63) is 18.0 Å². The van der Waals surface area contributed by atoms with E-state index in [1.165, 1.54) is 12.8 Å². The maximum atomic E-state index is 12.8. The van der Waals surface area contributed by atoms with E-state index in [0.717, 1.165) is 38.0 Å². The van der Waals surface area contributed by atoms with Crippen LogP contribution in [-0.4, -0.2) is 28.5 Å². The van der Waals surface area contributed by atoms with Crippen molar-refractivity contribution in [2.75, 3.05) is 18.8 Å². The van der Waals surface area contributed by atoms with Crippen molar-refractivity contribution in [2.24, 2.45) is 5.41 Å². The van der Waals surface area contributed by atoms with E-state index in [2.05, 4.69) is 18.4 Å². The largest absolute Gasteiger partial charge is 0.397 e. The van der Waals surface area contributed by atoms with Gasteiger partial charge in [-0.25, -0.2) is 0 Å². The zero-order valence-corrected chi connectivity index (χ0v) is 12.6. The highest BCUT2D eigenvalue weighted by atomic mass is 16.2. The average molecular weight is 275 g/mol. The molecule has 20 heavy (non-hydrogen) atoms.